The van der Waals surface area contributed by atoms with Crippen molar-refractivity contribution in [2.45, 2.75) is 51.3 Å². The zero-order valence-corrected chi connectivity index (χ0v) is 17.6. The zero-order valence-electron chi connectivity index (χ0n) is 17.6. The fourth-order valence-corrected chi connectivity index (χ4v) is 2.73. The van der Waals surface area contributed by atoms with Crippen LogP contribution in [-0.2, 0) is 31.9 Å². The lowest BCUT2D eigenvalue weighted by Crippen LogP contribution is -2.54. The molecule has 0 aliphatic rings. The Morgan fingerprint density at radius 2 is 1.77 bits per heavy atom. The third-order valence-corrected chi connectivity index (χ3v) is 4.07. The number of benzene rings is 1. The number of carbonyl (C=O) groups excluding carboxylic acids is 3. The summed E-state index contributed by atoms with van der Waals surface area (Å²) >= 11 is 0. The van der Waals surface area contributed by atoms with Crippen LogP contribution in [-0.4, -0.2) is 52.7 Å². The van der Waals surface area contributed by atoms with Crippen LogP contribution in [0.5, 0.6) is 0 Å². The molecule has 30 heavy (non-hydrogen) atoms. The number of carbonyl (C=O) groups is 3. The summed E-state index contributed by atoms with van der Waals surface area (Å²) in [5.41, 5.74) is 0.787. The van der Waals surface area contributed by atoms with E-state index in [9.17, 15) is 14.4 Å². The summed E-state index contributed by atoms with van der Waals surface area (Å²) in [6, 6.07) is 7.34. The van der Waals surface area contributed by atoms with Crippen molar-refractivity contribution in [1.29, 1.82) is 0 Å². The number of aromatic nitrogens is 2. The Morgan fingerprint density at radius 3 is 2.33 bits per heavy atom. The maximum Gasteiger partial charge on any atom is 0.408 e. The number of hydrogen-bond donors (Lipinski definition) is 3. The average molecular weight is 416 g/mol. The third kappa shape index (κ3) is 7.57. The summed E-state index contributed by atoms with van der Waals surface area (Å²) in [4.78, 5) is 44.2. The molecule has 0 saturated carbocycles. The van der Waals surface area contributed by atoms with Crippen molar-refractivity contribution < 1.29 is 23.9 Å². The highest BCUT2D eigenvalue weighted by Crippen LogP contribution is 2.09. The maximum absolute atomic E-state index is 13.0. The minimum atomic E-state index is -0.948. The van der Waals surface area contributed by atoms with Crippen LogP contribution in [0.1, 0.15) is 32.0 Å². The Bertz CT molecular complexity index is 831. The summed E-state index contributed by atoms with van der Waals surface area (Å²) in [7, 11) is 1.24. The van der Waals surface area contributed by atoms with Crippen LogP contribution >= 0.6 is 0 Å². The molecule has 1 aromatic heterocycles. The van der Waals surface area contributed by atoms with Crippen molar-refractivity contribution in [3.05, 3.63) is 54.1 Å². The minimum Gasteiger partial charge on any atom is -0.467 e. The number of rotatable bonds is 8. The fraction of sp³-hybridized carbons (Fsp3) is 0.429. The molecule has 0 saturated heterocycles. The van der Waals surface area contributed by atoms with Gasteiger partial charge in [-0.25, -0.2) is 14.6 Å². The van der Waals surface area contributed by atoms with Crippen molar-refractivity contribution in [1.82, 2.24) is 20.6 Å². The lowest BCUT2D eigenvalue weighted by Gasteiger charge is -2.25. The van der Waals surface area contributed by atoms with E-state index in [1.54, 1.807) is 27.0 Å². The number of esters is 1. The molecule has 0 bridgehead atoms. The molecule has 2 amide bonds. The van der Waals surface area contributed by atoms with Crippen LogP contribution in [0.25, 0.3) is 0 Å². The number of nitrogens with one attached hydrogen (secondary N) is 3. The fourth-order valence-electron chi connectivity index (χ4n) is 2.73. The number of ether oxygens (including phenoxy) is 2. The number of H-pyrrole nitrogens is 1. The molecule has 1 aromatic carbocycles. The molecule has 2 rings (SSSR count). The van der Waals surface area contributed by atoms with Gasteiger partial charge in [0.2, 0.25) is 5.91 Å². The standard InChI is InChI=1S/C21H28N4O5/c1-21(2,3)30-20(28)25-16(10-14-8-6-5-7-9-14)18(26)24-17(19(27)29-4)11-15-12-22-13-23-15/h5-9,12-13,16-17H,10-11H2,1-4H3,(H,22,23)(H,24,26)(H,25,28)/t16-,17+/m1/s1. The average Bonchev–Trinajstić information content (AvgIpc) is 3.18. The molecule has 2 atom stereocenters. The number of alkyl carbamates (subject to hydrolysis) is 1. The van der Waals surface area contributed by atoms with E-state index in [4.69, 9.17) is 9.47 Å². The van der Waals surface area contributed by atoms with Gasteiger partial charge in [-0.05, 0) is 26.3 Å². The number of methoxy groups -OCH3 is 1. The van der Waals surface area contributed by atoms with E-state index >= 15 is 0 Å². The summed E-state index contributed by atoms with van der Waals surface area (Å²) in [5.74, 6) is -1.13. The van der Waals surface area contributed by atoms with Gasteiger partial charge in [0.25, 0.3) is 0 Å². The second-order valence-electron chi connectivity index (χ2n) is 7.75. The van der Waals surface area contributed by atoms with Crippen LogP contribution in [0.15, 0.2) is 42.9 Å². The van der Waals surface area contributed by atoms with Crippen LogP contribution in [0.3, 0.4) is 0 Å². The second kappa shape index (κ2) is 10.4. The Labute approximate surface area is 175 Å². The first-order valence-electron chi connectivity index (χ1n) is 9.57. The Morgan fingerprint density at radius 1 is 1.07 bits per heavy atom. The van der Waals surface area contributed by atoms with E-state index in [1.165, 1.54) is 13.4 Å². The number of imidazole rings is 1. The van der Waals surface area contributed by atoms with E-state index in [0.29, 0.717) is 5.69 Å². The van der Waals surface area contributed by atoms with Gasteiger partial charge < -0.3 is 25.1 Å². The summed E-state index contributed by atoms with van der Waals surface area (Å²) < 4.78 is 10.1. The monoisotopic (exact) mass is 416 g/mol. The van der Waals surface area contributed by atoms with Gasteiger partial charge in [-0.2, -0.15) is 0 Å². The second-order valence-corrected chi connectivity index (χ2v) is 7.75. The van der Waals surface area contributed by atoms with Crippen LogP contribution in [0.2, 0.25) is 0 Å². The SMILES string of the molecule is COC(=O)[C@H](Cc1cnc[nH]1)NC(=O)[C@@H](Cc1ccccc1)NC(=O)OC(C)(C)C. The molecule has 0 radical (unpaired) electrons. The molecule has 3 N–H and O–H groups in total. The summed E-state index contributed by atoms with van der Waals surface area (Å²) in [5, 5.41) is 5.26. The molecule has 2 aromatic rings. The molecule has 0 unspecified atom stereocenters. The number of amides is 2. The molecular formula is C21H28N4O5. The summed E-state index contributed by atoms with van der Waals surface area (Å²) in [6.07, 6.45) is 2.71. The van der Waals surface area contributed by atoms with E-state index in [2.05, 4.69) is 20.6 Å². The quantitative estimate of drug-likeness (QED) is 0.564. The lowest BCUT2D eigenvalue weighted by atomic mass is 10.0. The van der Waals surface area contributed by atoms with Crippen molar-refractivity contribution in [3.63, 3.8) is 0 Å². The van der Waals surface area contributed by atoms with E-state index in [-0.39, 0.29) is 12.8 Å². The largest absolute Gasteiger partial charge is 0.467 e. The normalized spacial score (nSPS) is 13.1. The number of nitrogens with zero attached hydrogens (tertiary/aromatic N) is 1. The highest BCUT2D eigenvalue weighted by molar-refractivity contribution is 5.90. The molecule has 0 aliphatic carbocycles. The van der Waals surface area contributed by atoms with Crippen molar-refractivity contribution in [3.8, 4) is 0 Å². The molecule has 1 heterocycles. The maximum atomic E-state index is 13.0. The predicted molar refractivity (Wildman–Crippen MR) is 110 cm³/mol. The smallest absolute Gasteiger partial charge is 0.408 e. The van der Waals surface area contributed by atoms with Gasteiger partial charge in [0, 0.05) is 24.7 Å². The van der Waals surface area contributed by atoms with E-state index < -0.39 is 35.7 Å². The number of aromatic amines is 1. The van der Waals surface area contributed by atoms with Gasteiger partial charge in [-0.15, -0.1) is 0 Å². The topological polar surface area (TPSA) is 122 Å². The Balaban J connectivity index is 2.16. The first-order chi connectivity index (χ1) is 14.2. The molecule has 0 fully saturated rings. The van der Waals surface area contributed by atoms with Gasteiger partial charge in [0.15, 0.2) is 0 Å². The van der Waals surface area contributed by atoms with Crippen LogP contribution in [0, 0.1) is 0 Å². The predicted octanol–water partition coefficient (Wildman–Crippen LogP) is 1.75. The molecule has 0 spiro atoms. The number of hydrogen-bond acceptors (Lipinski definition) is 6. The summed E-state index contributed by atoms with van der Waals surface area (Å²) in [6.45, 7) is 5.20. The van der Waals surface area contributed by atoms with Crippen molar-refractivity contribution in [2.75, 3.05) is 7.11 Å². The van der Waals surface area contributed by atoms with Crippen molar-refractivity contribution in [2.24, 2.45) is 0 Å². The van der Waals surface area contributed by atoms with E-state index in [1.807, 2.05) is 30.3 Å². The van der Waals surface area contributed by atoms with Gasteiger partial charge >= 0.3 is 12.1 Å². The highest BCUT2D eigenvalue weighted by atomic mass is 16.6. The molecule has 9 nitrogen and oxygen atoms in total. The molecule has 162 valence electrons. The van der Waals surface area contributed by atoms with Crippen molar-refractivity contribution >= 4 is 18.0 Å². The van der Waals surface area contributed by atoms with Gasteiger partial charge in [0.1, 0.15) is 17.7 Å². The van der Waals surface area contributed by atoms with E-state index in [0.717, 1.165) is 5.56 Å². The Hall–Kier alpha value is -3.36. The molecular weight excluding hydrogens is 388 g/mol. The molecule has 0 aliphatic heterocycles. The minimum absolute atomic E-state index is 0.170. The van der Waals surface area contributed by atoms with Gasteiger partial charge in [-0.1, -0.05) is 30.3 Å². The Kier molecular flexibility index (Phi) is 7.97. The third-order valence-electron chi connectivity index (χ3n) is 4.07. The zero-order chi connectivity index (χ0) is 22.1. The first-order valence-corrected chi connectivity index (χ1v) is 9.57. The highest BCUT2D eigenvalue weighted by Gasteiger charge is 2.29. The van der Waals surface area contributed by atoms with Crippen LogP contribution < -0.4 is 10.6 Å². The van der Waals surface area contributed by atoms with Gasteiger partial charge in [0.05, 0.1) is 13.4 Å². The van der Waals surface area contributed by atoms with Gasteiger partial charge in [-0.3, -0.25) is 4.79 Å². The first kappa shape index (κ1) is 22.9. The lowest BCUT2D eigenvalue weighted by molar-refractivity contribution is -0.145. The van der Waals surface area contributed by atoms with Crippen LogP contribution in [0.4, 0.5) is 4.79 Å². The molecule has 9 heteroatoms.